The molecule has 0 bridgehead atoms. The Kier molecular flexibility index (Phi) is 8.00. The lowest BCUT2D eigenvalue weighted by Crippen LogP contribution is -2.36. The fourth-order valence-corrected chi connectivity index (χ4v) is 2.87. The molecular weight excluding hydrogens is 361 g/mol. The minimum atomic E-state index is -2.43. The largest absolute Gasteiger partial charge is 0.351 e. The first-order chi connectivity index (χ1) is 12.5. The number of halogens is 3. The van der Waals surface area contributed by atoms with E-state index in [4.69, 9.17) is 0 Å². The quantitative estimate of drug-likeness (QED) is 0.657. The number of hydrogen-bond donors (Lipinski definition) is 1. The first-order valence-corrected chi connectivity index (χ1v) is 9.11. The minimum absolute atomic E-state index is 0.124. The van der Waals surface area contributed by atoms with Gasteiger partial charge in [0.2, 0.25) is 5.91 Å². The van der Waals surface area contributed by atoms with Crippen LogP contribution in [0.1, 0.15) is 18.1 Å². The average Bonchev–Trinajstić information content (AvgIpc) is 2.62. The van der Waals surface area contributed by atoms with Crippen molar-refractivity contribution in [3.05, 3.63) is 65.5 Å². The lowest BCUT2D eigenvalue weighted by atomic mass is 10.2. The molecule has 3 nitrogen and oxygen atoms in total. The zero-order valence-corrected chi connectivity index (χ0v) is 15.2. The van der Waals surface area contributed by atoms with Crippen molar-refractivity contribution in [2.24, 2.45) is 0 Å². The monoisotopic (exact) mass is 382 g/mol. The molecule has 0 heterocycles. The van der Waals surface area contributed by atoms with Gasteiger partial charge in [-0.3, -0.25) is 9.69 Å². The van der Waals surface area contributed by atoms with Crippen LogP contribution in [0, 0.1) is 5.82 Å². The summed E-state index contributed by atoms with van der Waals surface area (Å²) in [4.78, 5) is 14.6. The molecule has 0 saturated carbocycles. The number of nitrogens with zero attached hydrogens (tertiary/aromatic N) is 1. The molecular formula is C19H21F3N2OS. The second-order valence-electron chi connectivity index (χ2n) is 5.73. The summed E-state index contributed by atoms with van der Waals surface area (Å²) in [6, 6.07) is 12.9. The number of rotatable bonds is 9. The van der Waals surface area contributed by atoms with Crippen LogP contribution in [0.3, 0.4) is 0 Å². The highest BCUT2D eigenvalue weighted by Gasteiger charge is 2.10. The number of hydrogen-bond acceptors (Lipinski definition) is 3. The van der Waals surface area contributed by atoms with E-state index in [0.29, 0.717) is 36.3 Å². The minimum Gasteiger partial charge on any atom is -0.351 e. The molecule has 0 spiro atoms. The third-order valence-corrected chi connectivity index (χ3v) is 4.49. The Morgan fingerprint density at radius 3 is 2.27 bits per heavy atom. The number of likely N-dealkylation sites (N-methyl/N-ethyl adjacent to an activating group) is 1. The Morgan fingerprint density at radius 1 is 1.08 bits per heavy atom. The molecule has 0 aliphatic carbocycles. The van der Waals surface area contributed by atoms with Gasteiger partial charge in [0.15, 0.2) is 0 Å². The molecule has 0 unspecified atom stereocenters. The van der Waals surface area contributed by atoms with Gasteiger partial charge < -0.3 is 5.32 Å². The van der Waals surface area contributed by atoms with Gasteiger partial charge in [0, 0.05) is 18.0 Å². The molecule has 0 radical (unpaired) electrons. The molecule has 0 aromatic heterocycles. The van der Waals surface area contributed by atoms with Crippen molar-refractivity contribution >= 4 is 17.7 Å². The van der Waals surface area contributed by atoms with Crippen molar-refractivity contribution < 1.29 is 18.0 Å². The maximum absolute atomic E-state index is 12.9. The maximum Gasteiger partial charge on any atom is 0.288 e. The van der Waals surface area contributed by atoms with E-state index in [0.717, 1.165) is 11.1 Å². The van der Waals surface area contributed by atoms with E-state index in [-0.39, 0.29) is 18.3 Å². The lowest BCUT2D eigenvalue weighted by Gasteiger charge is -2.20. The summed E-state index contributed by atoms with van der Waals surface area (Å²) in [5.41, 5.74) is 1.78. The van der Waals surface area contributed by atoms with Crippen LogP contribution in [0.5, 0.6) is 0 Å². The van der Waals surface area contributed by atoms with E-state index < -0.39 is 5.76 Å². The van der Waals surface area contributed by atoms with Crippen molar-refractivity contribution in [2.45, 2.75) is 30.7 Å². The fourth-order valence-electron chi connectivity index (χ4n) is 2.38. The highest BCUT2D eigenvalue weighted by molar-refractivity contribution is 7.99. The molecule has 1 N–H and O–H groups in total. The molecule has 2 aromatic carbocycles. The van der Waals surface area contributed by atoms with E-state index in [9.17, 15) is 18.0 Å². The third kappa shape index (κ3) is 7.09. The zero-order valence-electron chi connectivity index (χ0n) is 14.4. The molecule has 0 atom stereocenters. The van der Waals surface area contributed by atoms with Crippen molar-refractivity contribution in [3.8, 4) is 0 Å². The Hall–Kier alpha value is -1.99. The Morgan fingerprint density at radius 2 is 1.69 bits per heavy atom. The van der Waals surface area contributed by atoms with Gasteiger partial charge in [-0.05, 0) is 41.9 Å². The standard InChI is InChI=1S/C19H21F3N2OS/c1-2-24(12-15-5-9-17(10-6-15)26-19(21)22)13-18(25)23-11-14-3-7-16(20)8-4-14/h3-10,19H,2,11-13H2,1H3,(H,23,25). The van der Waals surface area contributed by atoms with E-state index in [1.807, 2.05) is 11.8 Å². The lowest BCUT2D eigenvalue weighted by molar-refractivity contribution is -0.122. The Bertz CT molecular complexity index is 693. The number of alkyl halides is 2. The first kappa shape index (κ1) is 20.3. The Balaban J connectivity index is 1.82. The summed E-state index contributed by atoms with van der Waals surface area (Å²) in [6.07, 6.45) is 0. The molecule has 0 fully saturated rings. The zero-order chi connectivity index (χ0) is 18.9. The summed E-state index contributed by atoms with van der Waals surface area (Å²) >= 11 is 0.513. The van der Waals surface area contributed by atoms with Gasteiger partial charge in [-0.15, -0.1) is 0 Å². The molecule has 140 valence electrons. The van der Waals surface area contributed by atoms with Gasteiger partial charge in [0.1, 0.15) is 5.82 Å². The van der Waals surface area contributed by atoms with Crippen molar-refractivity contribution in [2.75, 3.05) is 13.1 Å². The highest BCUT2D eigenvalue weighted by atomic mass is 32.2. The number of carbonyl (C=O) groups is 1. The van der Waals surface area contributed by atoms with Crippen LogP contribution < -0.4 is 5.32 Å². The smallest absolute Gasteiger partial charge is 0.288 e. The van der Waals surface area contributed by atoms with Crippen LogP contribution in [0.15, 0.2) is 53.4 Å². The van der Waals surface area contributed by atoms with Gasteiger partial charge in [0.25, 0.3) is 5.76 Å². The predicted octanol–water partition coefficient (Wildman–Crippen LogP) is 4.28. The molecule has 0 saturated heterocycles. The van der Waals surface area contributed by atoms with Gasteiger partial charge in [-0.25, -0.2) is 4.39 Å². The molecule has 2 rings (SSSR count). The number of nitrogens with one attached hydrogen (secondary N) is 1. The SMILES string of the molecule is CCN(CC(=O)NCc1ccc(F)cc1)Cc1ccc(SC(F)F)cc1. The first-order valence-electron chi connectivity index (χ1n) is 8.23. The van der Waals surface area contributed by atoms with Crippen molar-refractivity contribution in [1.82, 2.24) is 10.2 Å². The molecule has 2 aromatic rings. The van der Waals surface area contributed by atoms with Crippen LogP contribution in [-0.2, 0) is 17.9 Å². The van der Waals surface area contributed by atoms with Gasteiger partial charge >= 0.3 is 0 Å². The van der Waals surface area contributed by atoms with Crippen LogP contribution in [0.25, 0.3) is 0 Å². The maximum atomic E-state index is 12.9. The highest BCUT2D eigenvalue weighted by Crippen LogP contribution is 2.25. The van der Waals surface area contributed by atoms with Crippen molar-refractivity contribution in [1.29, 1.82) is 0 Å². The van der Waals surface area contributed by atoms with Crippen LogP contribution >= 0.6 is 11.8 Å². The van der Waals surface area contributed by atoms with Crippen LogP contribution in [0.4, 0.5) is 13.2 Å². The number of thioether (sulfide) groups is 1. The van der Waals surface area contributed by atoms with E-state index >= 15 is 0 Å². The van der Waals surface area contributed by atoms with Crippen LogP contribution in [-0.4, -0.2) is 29.7 Å². The van der Waals surface area contributed by atoms with E-state index in [2.05, 4.69) is 5.32 Å². The molecule has 1 amide bonds. The van der Waals surface area contributed by atoms with Crippen LogP contribution in [0.2, 0.25) is 0 Å². The van der Waals surface area contributed by atoms with Gasteiger partial charge in [0.05, 0.1) is 6.54 Å². The number of benzene rings is 2. The number of carbonyl (C=O) groups excluding carboxylic acids is 1. The predicted molar refractivity (Wildman–Crippen MR) is 97.5 cm³/mol. The normalized spacial score (nSPS) is 11.2. The second kappa shape index (κ2) is 10.2. The summed E-state index contributed by atoms with van der Waals surface area (Å²) in [5.74, 6) is -2.87. The Labute approximate surface area is 155 Å². The average molecular weight is 382 g/mol. The number of amides is 1. The van der Waals surface area contributed by atoms with Gasteiger partial charge in [-0.1, -0.05) is 43.0 Å². The molecule has 0 aliphatic heterocycles. The van der Waals surface area contributed by atoms with Gasteiger partial charge in [-0.2, -0.15) is 8.78 Å². The molecule has 7 heteroatoms. The third-order valence-electron chi connectivity index (χ3n) is 3.77. The fraction of sp³-hybridized carbons (Fsp3) is 0.316. The van der Waals surface area contributed by atoms with E-state index in [1.165, 1.54) is 12.1 Å². The van der Waals surface area contributed by atoms with E-state index in [1.54, 1.807) is 36.4 Å². The molecule has 26 heavy (non-hydrogen) atoms. The second-order valence-corrected chi connectivity index (χ2v) is 6.79. The summed E-state index contributed by atoms with van der Waals surface area (Å²) in [7, 11) is 0. The molecule has 0 aliphatic rings. The van der Waals surface area contributed by atoms with Crippen molar-refractivity contribution in [3.63, 3.8) is 0 Å². The summed E-state index contributed by atoms with van der Waals surface area (Å²) in [6.45, 7) is 3.76. The summed E-state index contributed by atoms with van der Waals surface area (Å²) in [5, 5.41) is 2.81. The topological polar surface area (TPSA) is 32.3 Å². The summed E-state index contributed by atoms with van der Waals surface area (Å²) < 4.78 is 37.5.